The number of nitrogens with one attached hydrogen (secondary N) is 1. The van der Waals surface area contributed by atoms with E-state index in [2.05, 4.69) is 5.32 Å². The summed E-state index contributed by atoms with van der Waals surface area (Å²) in [6, 6.07) is 6.62. The zero-order chi connectivity index (χ0) is 13.9. The van der Waals surface area contributed by atoms with Crippen LogP contribution in [0, 0.1) is 15.5 Å². The van der Waals surface area contributed by atoms with Crippen molar-refractivity contribution < 1.29 is 10.0 Å². The average Bonchev–Trinajstić information content (AvgIpc) is 2.40. The SMILES string of the molecule is CC1(CNc2ccccc2[N+](=O)[O-])CCCCC1O. The van der Waals surface area contributed by atoms with Gasteiger partial charge in [-0.15, -0.1) is 0 Å². The Labute approximate surface area is 112 Å². The molecule has 104 valence electrons. The van der Waals surface area contributed by atoms with Gasteiger partial charge < -0.3 is 10.4 Å². The summed E-state index contributed by atoms with van der Waals surface area (Å²) < 4.78 is 0. The van der Waals surface area contributed by atoms with Crippen LogP contribution in [0.4, 0.5) is 11.4 Å². The van der Waals surface area contributed by atoms with Crippen LogP contribution in [-0.4, -0.2) is 22.7 Å². The van der Waals surface area contributed by atoms with Crippen LogP contribution in [0.3, 0.4) is 0 Å². The van der Waals surface area contributed by atoms with Crippen molar-refractivity contribution in [2.45, 2.75) is 38.7 Å². The molecule has 0 aromatic heterocycles. The molecule has 0 spiro atoms. The molecule has 2 unspecified atom stereocenters. The Hall–Kier alpha value is -1.62. The molecule has 1 fully saturated rings. The van der Waals surface area contributed by atoms with Crippen molar-refractivity contribution >= 4 is 11.4 Å². The number of aliphatic hydroxyl groups excluding tert-OH is 1. The van der Waals surface area contributed by atoms with Gasteiger partial charge in [0.05, 0.1) is 11.0 Å². The lowest BCUT2D eigenvalue weighted by molar-refractivity contribution is -0.384. The minimum atomic E-state index is -0.387. The second kappa shape index (κ2) is 5.57. The van der Waals surface area contributed by atoms with Gasteiger partial charge in [-0.2, -0.15) is 0 Å². The first-order valence-corrected chi connectivity index (χ1v) is 6.68. The van der Waals surface area contributed by atoms with Crippen molar-refractivity contribution in [3.63, 3.8) is 0 Å². The predicted octanol–water partition coefficient (Wildman–Crippen LogP) is 2.95. The molecule has 1 aromatic rings. The number of nitro groups is 1. The number of anilines is 1. The molecule has 0 radical (unpaired) electrons. The van der Waals surface area contributed by atoms with E-state index in [-0.39, 0.29) is 22.1 Å². The smallest absolute Gasteiger partial charge is 0.292 e. The Kier molecular flexibility index (Phi) is 4.04. The fraction of sp³-hybridized carbons (Fsp3) is 0.571. The first-order chi connectivity index (χ1) is 9.03. The quantitative estimate of drug-likeness (QED) is 0.647. The Morgan fingerprint density at radius 1 is 1.47 bits per heavy atom. The molecule has 0 heterocycles. The van der Waals surface area contributed by atoms with Crippen molar-refractivity contribution in [2.75, 3.05) is 11.9 Å². The van der Waals surface area contributed by atoms with E-state index in [1.54, 1.807) is 18.2 Å². The highest BCUT2D eigenvalue weighted by Crippen LogP contribution is 2.37. The summed E-state index contributed by atoms with van der Waals surface area (Å²) in [6.45, 7) is 2.59. The van der Waals surface area contributed by atoms with Gasteiger partial charge in [-0.05, 0) is 18.9 Å². The molecule has 1 aliphatic carbocycles. The largest absolute Gasteiger partial charge is 0.392 e. The van der Waals surface area contributed by atoms with Crippen molar-refractivity contribution in [3.05, 3.63) is 34.4 Å². The van der Waals surface area contributed by atoms with Crippen LogP contribution in [0.15, 0.2) is 24.3 Å². The third-order valence-electron chi connectivity index (χ3n) is 4.06. The van der Waals surface area contributed by atoms with Gasteiger partial charge in [-0.25, -0.2) is 0 Å². The Morgan fingerprint density at radius 3 is 2.89 bits per heavy atom. The molecule has 0 aliphatic heterocycles. The highest BCUT2D eigenvalue weighted by atomic mass is 16.6. The Balaban J connectivity index is 2.08. The standard InChI is InChI=1S/C14H20N2O3/c1-14(9-5-4-8-13(14)17)10-15-11-6-2-3-7-12(11)16(18)19/h2-3,6-7,13,15,17H,4-5,8-10H2,1H3. The number of benzene rings is 1. The summed E-state index contributed by atoms with van der Waals surface area (Å²) in [5.74, 6) is 0. The third-order valence-corrected chi connectivity index (χ3v) is 4.06. The maximum Gasteiger partial charge on any atom is 0.292 e. The lowest BCUT2D eigenvalue weighted by atomic mass is 9.73. The van der Waals surface area contributed by atoms with Gasteiger partial charge in [-0.1, -0.05) is 31.9 Å². The van der Waals surface area contributed by atoms with Crippen molar-refractivity contribution in [2.24, 2.45) is 5.41 Å². The number of para-hydroxylation sites is 2. The average molecular weight is 264 g/mol. The maximum absolute atomic E-state index is 10.9. The first-order valence-electron chi connectivity index (χ1n) is 6.68. The highest BCUT2D eigenvalue weighted by molar-refractivity contribution is 5.61. The van der Waals surface area contributed by atoms with Gasteiger partial charge in [0.25, 0.3) is 5.69 Å². The zero-order valence-corrected chi connectivity index (χ0v) is 11.1. The van der Waals surface area contributed by atoms with Crippen LogP contribution in [0.2, 0.25) is 0 Å². The fourth-order valence-corrected chi connectivity index (χ4v) is 2.67. The van der Waals surface area contributed by atoms with Crippen LogP contribution >= 0.6 is 0 Å². The third kappa shape index (κ3) is 3.04. The molecule has 2 rings (SSSR count). The molecule has 19 heavy (non-hydrogen) atoms. The molecular weight excluding hydrogens is 244 g/mol. The van der Waals surface area contributed by atoms with E-state index < -0.39 is 0 Å². The van der Waals surface area contributed by atoms with E-state index in [9.17, 15) is 15.2 Å². The summed E-state index contributed by atoms with van der Waals surface area (Å²) in [5, 5.41) is 24.2. The summed E-state index contributed by atoms with van der Waals surface area (Å²) in [5.41, 5.74) is 0.394. The molecular formula is C14H20N2O3. The summed E-state index contributed by atoms with van der Waals surface area (Å²) in [4.78, 5) is 10.5. The molecule has 0 amide bonds. The lowest BCUT2D eigenvalue weighted by Crippen LogP contribution is -2.41. The molecule has 2 atom stereocenters. The van der Waals surface area contributed by atoms with Gasteiger partial charge in [0.15, 0.2) is 0 Å². The van der Waals surface area contributed by atoms with E-state index in [1.807, 2.05) is 6.92 Å². The second-order valence-corrected chi connectivity index (χ2v) is 5.54. The number of nitro benzene ring substituents is 1. The second-order valence-electron chi connectivity index (χ2n) is 5.54. The summed E-state index contributed by atoms with van der Waals surface area (Å²) in [7, 11) is 0. The molecule has 0 saturated heterocycles. The van der Waals surface area contributed by atoms with E-state index in [1.165, 1.54) is 6.07 Å². The fourth-order valence-electron chi connectivity index (χ4n) is 2.67. The Morgan fingerprint density at radius 2 is 2.21 bits per heavy atom. The maximum atomic E-state index is 10.9. The number of nitrogens with zero attached hydrogens (tertiary/aromatic N) is 1. The number of aliphatic hydroxyl groups is 1. The summed E-state index contributed by atoms with van der Waals surface area (Å²) in [6.07, 6.45) is 3.59. The van der Waals surface area contributed by atoms with Crippen LogP contribution < -0.4 is 5.32 Å². The van der Waals surface area contributed by atoms with Crippen molar-refractivity contribution in [3.8, 4) is 0 Å². The summed E-state index contributed by atoms with van der Waals surface area (Å²) >= 11 is 0. The van der Waals surface area contributed by atoms with Crippen LogP contribution in [0.1, 0.15) is 32.6 Å². The van der Waals surface area contributed by atoms with E-state index in [0.717, 1.165) is 25.7 Å². The molecule has 2 N–H and O–H groups in total. The van der Waals surface area contributed by atoms with Crippen molar-refractivity contribution in [1.82, 2.24) is 0 Å². The van der Waals surface area contributed by atoms with Crippen LogP contribution in [0.5, 0.6) is 0 Å². The number of hydrogen-bond acceptors (Lipinski definition) is 4. The van der Waals surface area contributed by atoms with Crippen LogP contribution in [-0.2, 0) is 0 Å². The van der Waals surface area contributed by atoms with Gasteiger partial charge in [0.1, 0.15) is 5.69 Å². The highest BCUT2D eigenvalue weighted by Gasteiger charge is 2.35. The Bertz CT molecular complexity index is 464. The van der Waals surface area contributed by atoms with Crippen LogP contribution in [0.25, 0.3) is 0 Å². The van der Waals surface area contributed by atoms with Gasteiger partial charge in [0, 0.05) is 18.0 Å². The van der Waals surface area contributed by atoms with E-state index >= 15 is 0 Å². The zero-order valence-electron chi connectivity index (χ0n) is 11.1. The number of rotatable bonds is 4. The van der Waals surface area contributed by atoms with Gasteiger partial charge in [-0.3, -0.25) is 10.1 Å². The molecule has 1 saturated carbocycles. The first kappa shape index (κ1) is 13.8. The normalized spacial score (nSPS) is 26.9. The van der Waals surface area contributed by atoms with E-state index in [4.69, 9.17) is 0 Å². The molecule has 1 aromatic carbocycles. The molecule has 5 nitrogen and oxygen atoms in total. The minimum absolute atomic E-state index is 0.0800. The lowest BCUT2D eigenvalue weighted by Gasteiger charge is -2.38. The molecule has 1 aliphatic rings. The predicted molar refractivity (Wildman–Crippen MR) is 74.2 cm³/mol. The van der Waals surface area contributed by atoms with Gasteiger partial charge >= 0.3 is 0 Å². The molecule has 0 bridgehead atoms. The minimum Gasteiger partial charge on any atom is -0.392 e. The molecule has 5 heteroatoms. The monoisotopic (exact) mass is 264 g/mol. The van der Waals surface area contributed by atoms with Gasteiger partial charge in [0.2, 0.25) is 0 Å². The van der Waals surface area contributed by atoms with E-state index in [0.29, 0.717) is 12.2 Å². The van der Waals surface area contributed by atoms with Crippen molar-refractivity contribution in [1.29, 1.82) is 0 Å². The number of hydrogen-bond donors (Lipinski definition) is 2. The topological polar surface area (TPSA) is 75.4 Å².